The van der Waals surface area contributed by atoms with Crippen molar-refractivity contribution in [2.75, 3.05) is 25.6 Å². The second-order valence-corrected chi connectivity index (χ2v) is 8.86. The Morgan fingerprint density at radius 2 is 1.78 bits per heavy atom. The van der Waals surface area contributed by atoms with Gasteiger partial charge in [-0.25, -0.2) is 0 Å². The Morgan fingerprint density at radius 3 is 2.57 bits per heavy atom. The van der Waals surface area contributed by atoms with Crippen molar-refractivity contribution < 1.29 is 27.5 Å². The fraction of sp³-hybridized carbons (Fsp3) is 0.214. The zero-order valence-electron chi connectivity index (χ0n) is 19.9. The van der Waals surface area contributed by atoms with Gasteiger partial charge in [-0.05, 0) is 35.9 Å². The highest BCUT2D eigenvalue weighted by molar-refractivity contribution is 6.05. The van der Waals surface area contributed by atoms with Crippen LogP contribution < -0.4 is 5.32 Å². The van der Waals surface area contributed by atoms with Crippen molar-refractivity contribution in [3.63, 3.8) is 0 Å². The Morgan fingerprint density at radius 1 is 1.03 bits per heavy atom. The summed E-state index contributed by atoms with van der Waals surface area (Å²) in [5, 5.41) is 3.52. The lowest BCUT2D eigenvalue weighted by molar-refractivity contribution is -0.137. The zero-order valence-corrected chi connectivity index (χ0v) is 19.9. The monoisotopic (exact) mass is 507 g/mol. The molecule has 0 fully saturated rings. The number of hydrogen-bond acceptors (Lipinski definition) is 3. The Labute approximate surface area is 211 Å². The molecule has 190 valence electrons. The van der Waals surface area contributed by atoms with Crippen LogP contribution in [0.5, 0.6) is 0 Å². The molecule has 5 rings (SSSR count). The number of alkyl halides is 3. The van der Waals surface area contributed by atoms with E-state index < -0.39 is 29.6 Å². The van der Waals surface area contributed by atoms with E-state index >= 15 is 0 Å². The van der Waals surface area contributed by atoms with E-state index in [9.17, 15) is 22.8 Å². The highest BCUT2D eigenvalue weighted by Crippen LogP contribution is 2.45. The minimum absolute atomic E-state index is 0.0234. The third kappa shape index (κ3) is 4.58. The summed E-state index contributed by atoms with van der Waals surface area (Å²) in [6.45, 7) is 0.468. The van der Waals surface area contributed by atoms with Gasteiger partial charge in [0.05, 0.1) is 24.1 Å². The second-order valence-electron chi connectivity index (χ2n) is 8.86. The first-order chi connectivity index (χ1) is 17.8. The van der Waals surface area contributed by atoms with E-state index in [-0.39, 0.29) is 24.7 Å². The maximum atomic E-state index is 13.9. The van der Waals surface area contributed by atoms with Crippen molar-refractivity contribution >= 4 is 28.4 Å². The van der Waals surface area contributed by atoms with E-state index in [1.54, 1.807) is 35.4 Å². The summed E-state index contributed by atoms with van der Waals surface area (Å²) in [6, 6.07) is 18.2. The second kappa shape index (κ2) is 9.74. The summed E-state index contributed by atoms with van der Waals surface area (Å²) >= 11 is 0. The highest BCUT2D eigenvalue weighted by atomic mass is 19.4. The maximum Gasteiger partial charge on any atom is 0.416 e. The van der Waals surface area contributed by atoms with Gasteiger partial charge in [0.15, 0.2) is 0 Å². The van der Waals surface area contributed by atoms with Crippen LogP contribution >= 0.6 is 0 Å². The van der Waals surface area contributed by atoms with Gasteiger partial charge in [-0.3, -0.25) is 9.59 Å². The summed E-state index contributed by atoms with van der Waals surface area (Å²) in [5.74, 6) is -1.65. The first kappa shape index (κ1) is 24.6. The van der Waals surface area contributed by atoms with Crippen LogP contribution in [-0.4, -0.2) is 42.0 Å². The van der Waals surface area contributed by atoms with Gasteiger partial charge in [0.1, 0.15) is 0 Å². The molecule has 2 amide bonds. The maximum absolute atomic E-state index is 13.9. The van der Waals surface area contributed by atoms with Crippen LogP contribution in [0.4, 0.5) is 18.9 Å². The molecule has 0 radical (unpaired) electrons. The van der Waals surface area contributed by atoms with Crippen LogP contribution in [0.2, 0.25) is 0 Å². The zero-order chi connectivity index (χ0) is 26.2. The summed E-state index contributed by atoms with van der Waals surface area (Å²) < 4.78 is 45.1. The van der Waals surface area contributed by atoms with Gasteiger partial charge in [-0.2, -0.15) is 13.2 Å². The molecule has 3 aromatic carbocycles. The topological polar surface area (TPSA) is 74.4 Å². The van der Waals surface area contributed by atoms with Gasteiger partial charge >= 0.3 is 6.18 Å². The van der Waals surface area contributed by atoms with E-state index in [0.29, 0.717) is 11.1 Å². The number of fused-ring (bicyclic) bond motifs is 2. The molecule has 2 atom stereocenters. The van der Waals surface area contributed by atoms with Crippen molar-refractivity contribution in [1.29, 1.82) is 0 Å². The van der Waals surface area contributed by atoms with Gasteiger partial charge in [0, 0.05) is 47.6 Å². The van der Waals surface area contributed by atoms with Crippen molar-refractivity contribution in [2.45, 2.75) is 18.1 Å². The summed E-state index contributed by atoms with van der Waals surface area (Å²) in [7, 11) is 1.53. The van der Waals surface area contributed by atoms with Crippen LogP contribution in [0, 0.1) is 0 Å². The van der Waals surface area contributed by atoms with Crippen LogP contribution in [0.25, 0.3) is 10.9 Å². The summed E-state index contributed by atoms with van der Waals surface area (Å²) in [5.41, 5.74) is 1.63. The van der Waals surface area contributed by atoms with Crippen LogP contribution in [0.15, 0.2) is 79.0 Å². The number of hydrogen-bond donors (Lipinski definition) is 2. The number of carbonyl (C=O) groups excluding carboxylic acids is 2. The molecule has 6 nitrogen and oxygen atoms in total. The molecule has 0 spiro atoms. The molecule has 0 saturated carbocycles. The van der Waals surface area contributed by atoms with Crippen LogP contribution in [0.1, 0.15) is 39.0 Å². The Bertz CT molecular complexity index is 1460. The Balaban J connectivity index is 1.64. The predicted octanol–water partition coefficient (Wildman–Crippen LogP) is 5.75. The van der Waals surface area contributed by atoms with Crippen molar-refractivity contribution in [2.24, 2.45) is 0 Å². The van der Waals surface area contributed by atoms with Gasteiger partial charge < -0.3 is 19.9 Å². The van der Waals surface area contributed by atoms with E-state index in [0.717, 1.165) is 28.6 Å². The molecule has 1 aliphatic rings. The molecule has 2 unspecified atom stereocenters. The number of halogens is 3. The quantitative estimate of drug-likeness (QED) is 0.349. The predicted molar refractivity (Wildman–Crippen MR) is 133 cm³/mol. The average molecular weight is 508 g/mol. The Kier molecular flexibility index (Phi) is 6.47. The number of methoxy groups -OCH3 is 1. The van der Waals surface area contributed by atoms with Crippen LogP contribution in [0.3, 0.4) is 0 Å². The number of rotatable bonds is 6. The summed E-state index contributed by atoms with van der Waals surface area (Å²) in [6.07, 6.45) is -2.77. The number of nitrogens with zero attached hydrogens (tertiary/aromatic N) is 1. The number of benzene rings is 3. The minimum atomic E-state index is -4.55. The van der Waals surface area contributed by atoms with E-state index in [4.69, 9.17) is 4.74 Å². The van der Waals surface area contributed by atoms with Gasteiger partial charge in [0.25, 0.3) is 5.91 Å². The standard InChI is InChI=1S/C28H24F3N3O3/c1-37-14-13-34-25(22-16-32-23-12-5-4-9-19(22)23)24(20-10-2-3-11-21(20)27(34)36)26(35)33-18-8-6-7-17(15-18)28(29,30)31/h2-12,15-16,24-25,32H,13-14H2,1H3,(H,33,35). The smallest absolute Gasteiger partial charge is 0.383 e. The fourth-order valence-corrected chi connectivity index (χ4v) is 4.99. The number of carbonyl (C=O) groups is 2. The molecule has 2 N–H and O–H groups in total. The number of amides is 2. The van der Waals surface area contributed by atoms with Crippen molar-refractivity contribution in [3.05, 3.63) is 101 Å². The SMILES string of the molecule is COCCN1C(=O)c2ccccc2C(C(=O)Nc2cccc(C(F)(F)F)c2)C1c1c[nH]c2ccccc12. The molecule has 0 aliphatic carbocycles. The normalized spacial score (nSPS) is 17.6. The molecule has 9 heteroatoms. The minimum Gasteiger partial charge on any atom is -0.383 e. The third-order valence-electron chi connectivity index (χ3n) is 6.65. The number of H-pyrrole nitrogens is 1. The molecule has 2 heterocycles. The van der Waals surface area contributed by atoms with Gasteiger partial charge in [-0.1, -0.05) is 42.5 Å². The average Bonchev–Trinajstić information content (AvgIpc) is 3.31. The largest absolute Gasteiger partial charge is 0.416 e. The first-order valence-electron chi connectivity index (χ1n) is 11.7. The number of nitrogens with one attached hydrogen (secondary N) is 2. The van der Waals surface area contributed by atoms with E-state index in [1.807, 2.05) is 24.3 Å². The van der Waals surface area contributed by atoms with Gasteiger partial charge in [0.2, 0.25) is 5.91 Å². The van der Waals surface area contributed by atoms with Crippen molar-refractivity contribution in [3.8, 4) is 0 Å². The van der Waals surface area contributed by atoms with Crippen molar-refractivity contribution in [1.82, 2.24) is 9.88 Å². The van der Waals surface area contributed by atoms with Gasteiger partial charge in [-0.15, -0.1) is 0 Å². The summed E-state index contributed by atoms with van der Waals surface area (Å²) in [4.78, 5) is 32.4. The number of aromatic nitrogens is 1. The third-order valence-corrected chi connectivity index (χ3v) is 6.65. The van der Waals surface area contributed by atoms with E-state index in [2.05, 4.69) is 10.3 Å². The number of anilines is 1. The molecular formula is C28H24F3N3O3. The number of ether oxygens (including phenoxy) is 1. The lowest BCUT2D eigenvalue weighted by Crippen LogP contribution is -2.47. The first-order valence-corrected chi connectivity index (χ1v) is 11.7. The molecule has 37 heavy (non-hydrogen) atoms. The number of aromatic amines is 1. The lowest BCUT2D eigenvalue weighted by Gasteiger charge is -2.41. The molecular weight excluding hydrogens is 483 g/mol. The fourth-order valence-electron chi connectivity index (χ4n) is 4.99. The van der Waals surface area contributed by atoms with E-state index in [1.165, 1.54) is 19.2 Å². The number of para-hydroxylation sites is 1. The molecule has 0 bridgehead atoms. The highest BCUT2D eigenvalue weighted by Gasteiger charge is 2.45. The lowest BCUT2D eigenvalue weighted by atomic mass is 9.79. The molecule has 1 aromatic heterocycles. The van der Waals surface area contributed by atoms with Crippen LogP contribution in [-0.2, 0) is 15.7 Å². The molecule has 0 saturated heterocycles. The Hall–Kier alpha value is -4.11. The molecule has 1 aliphatic heterocycles. The molecule has 4 aromatic rings.